The number of nitrogens with one attached hydrogen (secondary N) is 2. The molecule has 0 unspecified atom stereocenters. The molecule has 1 aliphatic heterocycles. The summed E-state index contributed by atoms with van der Waals surface area (Å²) in [7, 11) is 0. The van der Waals surface area contributed by atoms with Crippen molar-refractivity contribution in [2.45, 2.75) is 25.9 Å². The van der Waals surface area contributed by atoms with E-state index in [0.29, 0.717) is 35.9 Å². The van der Waals surface area contributed by atoms with Crippen molar-refractivity contribution in [3.63, 3.8) is 0 Å². The monoisotopic (exact) mass is 339 g/mol. The minimum Gasteiger partial charge on any atom is -0.392 e. The van der Waals surface area contributed by atoms with Crippen LogP contribution in [-0.2, 0) is 4.79 Å². The Morgan fingerprint density at radius 2 is 2.22 bits per heavy atom. The molecule has 3 N–H and O–H groups in total. The fourth-order valence-corrected chi connectivity index (χ4v) is 2.84. The summed E-state index contributed by atoms with van der Waals surface area (Å²) in [6.45, 7) is 4.15. The molecule has 126 valence electrons. The van der Waals surface area contributed by atoms with Gasteiger partial charge in [-0.2, -0.15) is 0 Å². The molecule has 1 aromatic carbocycles. The Labute approximate surface area is 140 Å². The van der Waals surface area contributed by atoms with Crippen molar-refractivity contribution in [1.29, 1.82) is 0 Å². The quantitative estimate of drug-likeness (QED) is 0.759. The molecule has 23 heavy (non-hydrogen) atoms. The molecule has 6 nitrogen and oxygen atoms in total. The van der Waals surface area contributed by atoms with Crippen LogP contribution in [0.5, 0.6) is 0 Å². The highest BCUT2D eigenvalue weighted by Gasteiger charge is 2.17. The SMILES string of the molecule is CC(=O)Nc1ccc(Cl)c(C(=O)NCCN2CCC[C@@H](O)C2)c1. The van der Waals surface area contributed by atoms with Crippen molar-refractivity contribution in [3.05, 3.63) is 28.8 Å². The molecule has 1 atom stereocenters. The molecule has 0 radical (unpaired) electrons. The van der Waals surface area contributed by atoms with E-state index in [-0.39, 0.29) is 17.9 Å². The fourth-order valence-electron chi connectivity index (χ4n) is 2.64. The van der Waals surface area contributed by atoms with E-state index < -0.39 is 0 Å². The number of nitrogens with zero attached hydrogens (tertiary/aromatic N) is 1. The normalized spacial score (nSPS) is 18.5. The van der Waals surface area contributed by atoms with Gasteiger partial charge in [0.1, 0.15) is 0 Å². The van der Waals surface area contributed by atoms with Gasteiger partial charge in [0, 0.05) is 32.2 Å². The van der Waals surface area contributed by atoms with Crippen LogP contribution in [0.1, 0.15) is 30.1 Å². The molecule has 1 saturated heterocycles. The number of aliphatic hydroxyl groups excluding tert-OH is 1. The Kier molecular flexibility index (Phi) is 6.38. The van der Waals surface area contributed by atoms with Crippen LogP contribution in [0.3, 0.4) is 0 Å². The van der Waals surface area contributed by atoms with Crippen LogP contribution in [0.15, 0.2) is 18.2 Å². The zero-order valence-electron chi connectivity index (χ0n) is 13.1. The van der Waals surface area contributed by atoms with Crippen molar-refractivity contribution in [2.24, 2.45) is 0 Å². The number of hydrogen-bond acceptors (Lipinski definition) is 4. The Balaban J connectivity index is 1.88. The van der Waals surface area contributed by atoms with Crippen LogP contribution in [0.4, 0.5) is 5.69 Å². The molecule has 1 aromatic rings. The molecule has 2 amide bonds. The van der Waals surface area contributed by atoms with E-state index in [0.717, 1.165) is 19.4 Å². The number of carbonyl (C=O) groups is 2. The van der Waals surface area contributed by atoms with Crippen LogP contribution in [0.25, 0.3) is 0 Å². The molecule has 0 saturated carbocycles. The Hall–Kier alpha value is -1.63. The van der Waals surface area contributed by atoms with Crippen molar-refractivity contribution in [2.75, 3.05) is 31.5 Å². The van der Waals surface area contributed by atoms with Gasteiger partial charge in [-0.25, -0.2) is 0 Å². The maximum absolute atomic E-state index is 12.2. The molecule has 1 fully saturated rings. The minimum atomic E-state index is -0.278. The lowest BCUT2D eigenvalue weighted by Gasteiger charge is -2.29. The van der Waals surface area contributed by atoms with E-state index in [1.807, 2.05) is 0 Å². The Morgan fingerprint density at radius 3 is 2.91 bits per heavy atom. The summed E-state index contributed by atoms with van der Waals surface area (Å²) in [6.07, 6.45) is 1.54. The predicted octanol–water partition coefficient (Wildman–Crippen LogP) is 1.48. The van der Waals surface area contributed by atoms with Crippen LogP contribution < -0.4 is 10.6 Å². The number of likely N-dealkylation sites (tertiary alicyclic amines) is 1. The number of carbonyl (C=O) groups excluding carboxylic acids is 2. The number of β-amino-alcohol motifs (C(OH)–C–C–N with tert-alkyl or cyclic N) is 1. The first-order chi connectivity index (χ1) is 11.0. The average molecular weight is 340 g/mol. The van der Waals surface area contributed by atoms with Gasteiger partial charge in [0.15, 0.2) is 0 Å². The lowest BCUT2D eigenvalue weighted by Crippen LogP contribution is -2.42. The van der Waals surface area contributed by atoms with Crippen molar-refractivity contribution >= 4 is 29.1 Å². The third-order valence-corrected chi connectivity index (χ3v) is 4.06. The van der Waals surface area contributed by atoms with Gasteiger partial charge in [0.2, 0.25) is 5.91 Å². The van der Waals surface area contributed by atoms with Crippen LogP contribution in [-0.4, -0.2) is 54.1 Å². The number of hydrogen-bond donors (Lipinski definition) is 3. The van der Waals surface area contributed by atoms with Gasteiger partial charge in [-0.3, -0.25) is 14.5 Å². The Bertz CT molecular complexity index is 580. The highest BCUT2D eigenvalue weighted by atomic mass is 35.5. The van der Waals surface area contributed by atoms with Crippen LogP contribution >= 0.6 is 11.6 Å². The number of rotatable bonds is 5. The summed E-state index contributed by atoms with van der Waals surface area (Å²) in [5.41, 5.74) is 0.864. The zero-order valence-corrected chi connectivity index (χ0v) is 13.9. The number of benzene rings is 1. The second-order valence-corrected chi connectivity index (χ2v) is 6.14. The minimum absolute atomic E-state index is 0.206. The van der Waals surface area contributed by atoms with Crippen LogP contribution in [0, 0.1) is 0 Å². The summed E-state index contributed by atoms with van der Waals surface area (Å²) in [5.74, 6) is -0.484. The van der Waals surface area contributed by atoms with E-state index in [4.69, 9.17) is 11.6 Å². The number of amides is 2. The predicted molar refractivity (Wildman–Crippen MR) is 89.8 cm³/mol. The average Bonchev–Trinajstić information content (AvgIpc) is 2.48. The van der Waals surface area contributed by atoms with Gasteiger partial charge in [-0.1, -0.05) is 11.6 Å². The highest BCUT2D eigenvalue weighted by Crippen LogP contribution is 2.20. The molecule has 1 heterocycles. The first kappa shape index (κ1) is 17.7. The second kappa shape index (κ2) is 8.29. The molecule has 7 heteroatoms. The fraction of sp³-hybridized carbons (Fsp3) is 0.500. The lowest BCUT2D eigenvalue weighted by atomic mass is 10.1. The first-order valence-corrected chi connectivity index (χ1v) is 8.09. The zero-order chi connectivity index (χ0) is 16.8. The summed E-state index contributed by atoms with van der Waals surface area (Å²) < 4.78 is 0. The maximum Gasteiger partial charge on any atom is 0.252 e. The molecule has 0 aliphatic carbocycles. The smallest absolute Gasteiger partial charge is 0.252 e. The summed E-state index contributed by atoms with van der Waals surface area (Å²) in [5, 5.41) is 15.4. The van der Waals surface area contributed by atoms with E-state index >= 15 is 0 Å². The molecule has 0 aromatic heterocycles. The third kappa shape index (κ3) is 5.49. The molecule has 0 bridgehead atoms. The van der Waals surface area contributed by atoms with Gasteiger partial charge < -0.3 is 15.7 Å². The number of aliphatic hydroxyl groups is 1. The van der Waals surface area contributed by atoms with E-state index in [9.17, 15) is 14.7 Å². The van der Waals surface area contributed by atoms with Crippen molar-refractivity contribution in [3.8, 4) is 0 Å². The number of halogens is 1. The topological polar surface area (TPSA) is 81.7 Å². The molecule has 1 aliphatic rings. The largest absolute Gasteiger partial charge is 0.392 e. The van der Waals surface area contributed by atoms with E-state index in [2.05, 4.69) is 15.5 Å². The highest BCUT2D eigenvalue weighted by molar-refractivity contribution is 6.34. The standard InChI is InChI=1S/C16H22ClN3O3/c1-11(21)19-12-4-5-15(17)14(9-12)16(23)18-6-8-20-7-2-3-13(22)10-20/h4-5,9,13,22H,2-3,6-8,10H2,1H3,(H,18,23)(H,19,21)/t13-/m1/s1. The van der Waals surface area contributed by atoms with Gasteiger partial charge in [0.05, 0.1) is 16.7 Å². The Morgan fingerprint density at radius 1 is 1.43 bits per heavy atom. The van der Waals surface area contributed by atoms with Crippen molar-refractivity contribution in [1.82, 2.24) is 10.2 Å². The number of anilines is 1. The summed E-state index contributed by atoms with van der Waals surface area (Å²) in [4.78, 5) is 25.4. The van der Waals surface area contributed by atoms with Gasteiger partial charge in [-0.15, -0.1) is 0 Å². The molecular weight excluding hydrogens is 318 g/mol. The van der Waals surface area contributed by atoms with Crippen molar-refractivity contribution < 1.29 is 14.7 Å². The van der Waals surface area contributed by atoms with E-state index in [1.165, 1.54) is 6.92 Å². The van der Waals surface area contributed by atoms with Gasteiger partial charge in [-0.05, 0) is 37.6 Å². The summed E-state index contributed by atoms with van der Waals surface area (Å²) >= 11 is 6.06. The summed E-state index contributed by atoms with van der Waals surface area (Å²) in [6, 6.07) is 4.79. The number of piperidine rings is 1. The molecule has 0 spiro atoms. The van der Waals surface area contributed by atoms with Crippen LogP contribution in [0.2, 0.25) is 5.02 Å². The third-order valence-electron chi connectivity index (χ3n) is 3.73. The lowest BCUT2D eigenvalue weighted by molar-refractivity contribution is -0.114. The second-order valence-electron chi connectivity index (χ2n) is 5.73. The van der Waals surface area contributed by atoms with E-state index in [1.54, 1.807) is 18.2 Å². The van der Waals surface area contributed by atoms with Gasteiger partial charge >= 0.3 is 0 Å². The van der Waals surface area contributed by atoms with Gasteiger partial charge in [0.25, 0.3) is 5.91 Å². The molecular formula is C16H22ClN3O3. The first-order valence-electron chi connectivity index (χ1n) is 7.71. The molecule has 2 rings (SSSR count). The maximum atomic E-state index is 12.2.